The van der Waals surface area contributed by atoms with E-state index in [9.17, 15) is 13.9 Å². The van der Waals surface area contributed by atoms with Gasteiger partial charge in [-0.3, -0.25) is 0 Å². The Kier molecular flexibility index (Phi) is 5.81. The Hall–Kier alpha value is -0.910. The summed E-state index contributed by atoms with van der Waals surface area (Å²) in [6.07, 6.45) is 0.525. The van der Waals surface area contributed by atoms with Crippen LogP contribution in [0.5, 0.6) is 5.75 Å². The quantitative estimate of drug-likeness (QED) is 0.782. The lowest BCUT2D eigenvalue weighted by Gasteiger charge is -2.23. The first-order chi connectivity index (χ1) is 7.44. The van der Waals surface area contributed by atoms with Crippen LogP contribution < -0.4 is 5.73 Å². The third-order valence-corrected chi connectivity index (χ3v) is 2.53. The molecule has 6 heteroatoms. The Morgan fingerprint density at radius 3 is 2.47 bits per heavy atom. The molecule has 1 aromatic rings. The summed E-state index contributed by atoms with van der Waals surface area (Å²) in [5, 5.41) is 18.3. The summed E-state index contributed by atoms with van der Waals surface area (Å²) in [6, 6.07) is 2.83. The first-order valence-electron chi connectivity index (χ1n) is 4.99. The third kappa shape index (κ3) is 3.28. The molecule has 1 aromatic carbocycles. The fourth-order valence-corrected chi connectivity index (χ4v) is 1.47. The summed E-state index contributed by atoms with van der Waals surface area (Å²) in [5.74, 6) is -3.66. The number of aryl methyl sites for hydroxylation is 1. The van der Waals surface area contributed by atoms with E-state index in [4.69, 9.17) is 10.8 Å². The summed E-state index contributed by atoms with van der Waals surface area (Å²) in [6.45, 7) is 0.457. The van der Waals surface area contributed by atoms with Crippen LogP contribution in [0, 0.1) is 0 Å². The number of nitrogens with two attached hydrogens (primary N) is 1. The van der Waals surface area contributed by atoms with E-state index in [2.05, 4.69) is 0 Å². The van der Waals surface area contributed by atoms with E-state index in [0.717, 1.165) is 0 Å². The summed E-state index contributed by atoms with van der Waals surface area (Å²) in [7, 11) is 0. The van der Waals surface area contributed by atoms with E-state index in [1.165, 1.54) is 6.07 Å². The zero-order chi connectivity index (χ0) is 12.3. The molecule has 0 fully saturated rings. The van der Waals surface area contributed by atoms with E-state index in [1.807, 2.05) is 0 Å². The van der Waals surface area contributed by atoms with Crippen LogP contribution in [-0.4, -0.2) is 22.7 Å². The number of benzene rings is 1. The zero-order valence-corrected chi connectivity index (χ0v) is 10.2. The monoisotopic (exact) mass is 267 g/mol. The van der Waals surface area contributed by atoms with Crippen LogP contribution in [0.4, 0.5) is 8.78 Å². The van der Waals surface area contributed by atoms with Gasteiger partial charge in [-0.05, 0) is 12.0 Å². The van der Waals surface area contributed by atoms with Crippen molar-refractivity contribution in [1.29, 1.82) is 0 Å². The third-order valence-electron chi connectivity index (χ3n) is 2.53. The Balaban J connectivity index is 0.00000256. The second-order valence-corrected chi connectivity index (χ2v) is 3.61. The van der Waals surface area contributed by atoms with Crippen molar-refractivity contribution in [2.24, 2.45) is 5.73 Å². The molecule has 3 nitrogen and oxygen atoms in total. The summed E-state index contributed by atoms with van der Waals surface area (Å²) >= 11 is 0. The minimum absolute atomic E-state index is 0. The van der Waals surface area contributed by atoms with Gasteiger partial charge in [-0.15, -0.1) is 12.4 Å². The highest BCUT2D eigenvalue weighted by atomic mass is 35.5. The van der Waals surface area contributed by atoms with Crippen molar-refractivity contribution in [3.05, 3.63) is 29.3 Å². The molecule has 4 N–H and O–H groups in total. The van der Waals surface area contributed by atoms with Gasteiger partial charge in [0.05, 0.1) is 0 Å². The number of para-hydroxylation sites is 1. The smallest absolute Gasteiger partial charge is 0.289 e. The number of aromatic hydroxyl groups is 1. The van der Waals surface area contributed by atoms with Crippen LogP contribution in [0.1, 0.15) is 24.1 Å². The van der Waals surface area contributed by atoms with Crippen LogP contribution in [0.2, 0.25) is 0 Å². The van der Waals surface area contributed by atoms with Crippen molar-refractivity contribution in [2.75, 3.05) is 6.61 Å². The summed E-state index contributed by atoms with van der Waals surface area (Å²) in [4.78, 5) is 0. The van der Waals surface area contributed by atoms with E-state index < -0.39 is 18.6 Å². The molecule has 0 aromatic heterocycles. The number of hydrogen-bond acceptors (Lipinski definition) is 3. The van der Waals surface area contributed by atoms with E-state index in [-0.39, 0.29) is 23.7 Å². The molecule has 1 atom stereocenters. The molecule has 0 amide bonds. The Morgan fingerprint density at radius 2 is 2.00 bits per heavy atom. The molecule has 17 heavy (non-hydrogen) atoms. The SMILES string of the molecule is CCc1cccc([C@@H](N)C(F)(F)CO)c1O.Cl. The highest BCUT2D eigenvalue weighted by Crippen LogP contribution is 2.35. The lowest BCUT2D eigenvalue weighted by atomic mass is 9.97. The second-order valence-electron chi connectivity index (χ2n) is 3.61. The Morgan fingerprint density at radius 1 is 1.41 bits per heavy atom. The maximum atomic E-state index is 13.2. The standard InChI is InChI=1S/C11H15F2NO2.ClH/c1-2-7-4-3-5-8(9(7)16)10(14)11(12,13)6-15;/h3-5,10,15-16H,2,6,14H2,1H3;1H/t10-;/m1./s1. The number of alkyl halides is 2. The molecule has 0 spiro atoms. The van der Waals surface area contributed by atoms with Gasteiger partial charge in [0.2, 0.25) is 0 Å². The van der Waals surface area contributed by atoms with Gasteiger partial charge in [0, 0.05) is 5.56 Å². The minimum Gasteiger partial charge on any atom is -0.507 e. The molecule has 0 radical (unpaired) electrons. The molecule has 1 rings (SSSR count). The molecular weight excluding hydrogens is 252 g/mol. The van der Waals surface area contributed by atoms with Crippen molar-refractivity contribution in [3.8, 4) is 5.75 Å². The summed E-state index contributed by atoms with van der Waals surface area (Å²) in [5.41, 5.74) is 5.85. The Labute approximate surface area is 105 Å². The molecule has 0 heterocycles. The van der Waals surface area contributed by atoms with Crippen molar-refractivity contribution >= 4 is 12.4 Å². The van der Waals surface area contributed by atoms with Gasteiger partial charge in [-0.1, -0.05) is 25.1 Å². The molecule has 0 bridgehead atoms. The van der Waals surface area contributed by atoms with Gasteiger partial charge in [-0.2, -0.15) is 0 Å². The highest BCUT2D eigenvalue weighted by molar-refractivity contribution is 5.85. The number of aliphatic hydroxyl groups is 1. The number of aliphatic hydroxyl groups excluding tert-OH is 1. The van der Waals surface area contributed by atoms with Gasteiger partial charge in [0.25, 0.3) is 5.92 Å². The van der Waals surface area contributed by atoms with Crippen LogP contribution in [0.25, 0.3) is 0 Å². The van der Waals surface area contributed by atoms with Gasteiger partial charge < -0.3 is 15.9 Å². The zero-order valence-electron chi connectivity index (χ0n) is 9.36. The molecule has 0 unspecified atom stereocenters. The lowest BCUT2D eigenvalue weighted by molar-refractivity contribution is -0.0716. The fraction of sp³-hybridized carbons (Fsp3) is 0.455. The molecule has 98 valence electrons. The lowest BCUT2D eigenvalue weighted by Crippen LogP contribution is -2.36. The van der Waals surface area contributed by atoms with Crippen molar-refractivity contribution in [1.82, 2.24) is 0 Å². The van der Waals surface area contributed by atoms with Gasteiger partial charge in [0.15, 0.2) is 0 Å². The van der Waals surface area contributed by atoms with Crippen LogP contribution in [0.3, 0.4) is 0 Å². The van der Waals surface area contributed by atoms with Gasteiger partial charge in [0.1, 0.15) is 18.4 Å². The van der Waals surface area contributed by atoms with Crippen LogP contribution >= 0.6 is 12.4 Å². The topological polar surface area (TPSA) is 66.5 Å². The number of phenolic OH excluding ortho intramolecular Hbond substituents is 1. The molecule has 0 saturated carbocycles. The molecule has 0 aliphatic rings. The second kappa shape index (κ2) is 6.14. The minimum atomic E-state index is -3.44. The number of hydrogen-bond donors (Lipinski definition) is 3. The van der Waals surface area contributed by atoms with Crippen LogP contribution in [-0.2, 0) is 6.42 Å². The maximum absolute atomic E-state index is 13.2. The van der Waals surface area contributed by atoms with Crippen LogP contribution in [0.15, 0.2) is 18.2 Å². The fourth-order valence-electron chi connectivity index (χ4n) is 1.47. The van der Waals surface area contributed by atoms with E-state index in [0.29, 0.717) is 12.0 Å². The predicted molar refractivity (Wildman–Crippen MR) is 63.7 cm³/mol. The Bertz CT molecular complexity index is 374. The highest BCUT2D eigenvalue weighted by Gasteiger charge is 2.38. The van der Waals surface area contributed by atoms with E-state index in [1.54, 1.807) is 19.1 Å². The first-order valence-corrected chi connectivity index (χ1v) is 4.99. The molecule has 0 aliphatic heterocycles. The molecule has 0 saturated heterocycles. The summed E-state index contributed by atoms with van der Waals surface area (Å²) < 4.78 is 26.3. The van der Waals surface area contributed by atoms with Gasteiger partial charge in [-0.25, -0.2) is 8.78 Å². The van der Waals surface area contributed by atoms with Gasteiger partial charge >= 0.3 is 0 Å². The average Bonchev–Trinajstić information content (AvgIpc) is 2.28. The number of phenols is 1. The van der Waals surface area contributed by atoms with Crippen molar-refractivity contribution in [2.45, 2.75) is 25.3 Å². The average molecular weight is 268 g/mol. The van der Waals surface area contributed by atoms with Crippen molar-refractivity contribution < 1.29 is 19.0 Å². The van der Waals surface area contributed by atoms with Crippen molar-refractivity contribution in [3.63, 3.8) is 0 Å². The number of halogens is 3. The number of rotatable bonds is 4. The van der Waals surface area contributed by atoms with E-state index >= 15 is 0 Å². The predicted octanol–water partition coefficient (Wildman–Crippen LogP) is 2.00. The normalized spacial score (nSPS) is 13.0. The molecule has 0 aliphatic carbocycles. The largest absolute Gasteiger partial charge is 0.507 e. The maximum Gasteiger partial charge on any atom is 0.289 e. The first kappa shape index (κ1) is 16.1. The molecular formula is C11H16ClF2NO2.